The Labute approximate surface area is 200 Å². The van der Waals surface area contributed by atoms with Crippen molar-refractivity contribution in [3.63, 3.8) is 0 Å². The van der Waals surface area contributed by atoms with Crippen LogP contribution in [0.1, 0.15) is 50.2 Å². The number of aryl methyl sites for hydroxylation is 1. The van der Waals surface area contributed by atoms with Gasteiger partial charge in [-0.1, -0.05) is 11.3 Å². The number of hydrogen-bond donors (Lipinski definition) is 2. The second-order valence-electron chi connectivity index (χ2n) is 9.41. The van der Waals surface area contributed by atoms with Crippen LogP contribution in [0.5, 0.6) is 5.75 Å². The van der Waals surface area contributed by atoms with Crippen LogP contribution >= 0.6 is 11.3 Å². The molecule has 0 saturated heterocycles. The van der Waals surface area contributed by atoms with Gasteiger partial charge in [0.2, 0.25) is 10.9 Å². The van der Waals surface area contributed by atoms with Crippen molar-refractivity contribution in [1.82, 2.24) is 14.6 Å². The summed E-state index contributed by atoms with van der Waals surface area (Å²) in [4.78, 5) is 4.89. The summed E-state index contributed by atoms with van der Waals surface area (Å²) < 4.78 is 60.7. The summed E-state index contributed by atoms with van der Waals surface area (Å²) in [5, 5.41) is 26.0. The van der Waals surface area contributed by atoms with E-state index in [0.717, 1.165) is 0 Å². The van der Waals surface area contributed by atoms with E-state index in [9.17, 15) is 27.4 Å². The molecule has 2 heterocycles. The van der Waals surface area contributed by atoms with Crippen LogP contribution in [0.4, 0.5) is 8.78 Å². The third kappa shape index (κ3) is 4.68. The second-order valence-corrected chi connectivity index (χ2v) is 12.3. The minimum atomic E-state index is -4.10. The van der Waals surface area contributed by atoms with Crippen molar-refractivity contribution in [3.8, 4) is 17.0 Å². The van der Waals surface area contributed by atoms with Crippen molar-refractivity contribution >= 4 is 26.1 Å². The van der Waals surface area contributed by atoms with E-state index in [1.165, 1.54) is 30.6 Å². The molecule has 186 valence electrons. The minimum absolute atomic E-state index is 0.0855. The molecule has 1 saturated carbocycles. The Morgan fingerprint density at radius 2 is 1.88 bits per heavy atom. The zero-order valence-electron chi connectivity index (χ0n) is 19.3. The number of methoxy groups -OCH3 is 1. The van der Waals surface area contributed by atoms with Gasteiger partial charge in [0.15, 0.2) is 9.84 Å². The molecule has 1 fully saturated rings. The molecule has 2 N–H and O–H groups in total. The molecule has 0 bridgehead atoms. The highest BCUT2D eigenvalue weighted by Crippen LogP contribution is 2.41. The van der Waals surface area contributed by atoms with Gasteiger partial charge in [0.1, 0.15) is 21.3 Å². The molecule has 3 aromatic rings. The maximum Gasteiger partial charge on any atom is 0.248 e. The molecule has 0 unspecified atom stereocenters. The van der Waals surface area contributed by atoms with Crippen LogP contribution < -0.4 is 4.74 Å². The summed E-state index contributed by atoms with van der Waals surface area (Å²) in [6.45, 7) is 4.99. The molecule has 0 aliphatic heterocycles. The predicted octanol–water partition coefficient (Wildman–Crippen LogP) is 3.72. The minimum Gasteiger partial charge on any atom is -0.495 e. The van der Waals surface area contributed by atoms with Crippen molar-refractivity contribution < 1.29 is 32.1 Å². The molecule has 0 atom stereocenters. The number of halogens is 2. The van der Waals surface area contributed by atoms with Crippen LogP contribution in [0.15, 0.2) is 23.1 Å². The summed E-state index contributed by atoms with van der Waals surface area (Å²) >= 11 is 1.23. The molecule has 34 heavy (non-hydrogen) atoms. The third-order valence-electron chi connectivity index (χ3n) is 6.04. The fraction of sp³-hybridized carbons (Fsp3) is 0.545. The van der Waals surface area contributed by atoms with Crippen molar-refractivity contribution in [2.75, 3.05) is 12.9 Å². The van der Waals surface area contributed by atoms with Crippen molar-refractivity contribution in [1.29, 1.82) is 0 Å². The summed E-state index contributed by atoms with van der Waals surface area (Å²) in [7, 11) is -2.77. The highest BCUT2D eigenvalue weighted by Gasteiger charge is 2.45. The molecule has 1 aliphatic rings. The second kappa shape index (κ2) is 8.21. The van der Waals surface area contributed by atoms with E-state index in [1.807, 2.05) is 0 Å². The van der Waals surface area contributed by atoms with E-state index in [1.54, 1.807) is 31.4 Å². The summed E-state index contributed by atoms with van der Waals surface area (Å²) in [5.74, 6) is -3.49. The zero-order valence-corrected chi connectivity index (χ0v) is 20.9. The molecule has 0 amide bonds. The van der Waals surface area contributed by atoms with E-state index in [4.69, 9.17) is 4.74 Å². The summed E-state index contributed by atoms with van der Waals surface area (Å²) in [5.41, 5.74) is -1.24. The van der Waals surface area contributed by atoms with Gasteiger partial charge in [-0.05, 0) is 51.8 Å². The first kappa shape index (κ1) is 25.0. The topological polar surface area (TPSA) is 114 Å². The smallest absolute Gasteiger partial charge is 0.248 e. The normalized spacial score (nSPS) is 18.4. The first-order chi connectivity index (χ1) is 15.6. The highest BCUT2D eigenvalue weighted by atomic mass is 32.2. The van der Waals surface area contributed by atoms with Gasteiger partial charge in [-0.2, -0.15) is 5.10 Å². The summed E-state index contributed by atoms with van der Waals surface area (Å²) in [6, 6.07) is 4.60. The fourth-order valence-corrected chi connectivity index (χ4v) is 7.01. The van der Waals surface area contributed by atoms with Gasteiger partial charge in [0.25, 0.3) is 0 Å². The fourth-order valence-electron chi connectivity index (χ4n) is 4.15. The van der Waals surface area contributed by atoms with Crippen LogP contribution in [0.3, 0.4) is 0 Å². The number of alkyl halides is 2. The summed E-state index contributed by atoms with van der Waals surface area (Å²) in [6.07, 6.45) is -1.72. The molecule has 12 heteroatoms. The molecule has 1 aromatic carbocycles. The van der Waals surface area contributed by atoms with Gasteiger partial charge >= 0.3 is 0 Å². The molecule has 4 rings (SSSR count). The van der Waals surface area contributed by atoms with Crippen molar-refractivity contribution in [2.24, 2.45) is 0 Å². The van der Waals surface area contributed by atoms with Gasteiger partial charge < -0.3 is 14.9 Å². The van der Waals surface area contributed by atoms with Crippen LogP contribution in [0.25, 0.3) is 16.2 Å². The third-order valence-corrected chi connectivity index (χ3v) is 9.17. The number of fused-ring (bicyclic) bond motifs is 1. The monoisotopic (exact) mass is 515 g/mol. The number of nitrogens with zero attached hydrogens (tertiary/aromatic N) is 3. The Morgan fingerprint density at radius 1 is 1.24 bits per heavy atom. The Balaban J connectivity index is 1.76. The van der Waals surface area contributed by atoms with Gasteiger partial charge in [-0.25, -0.2) is 26.7 Å². The van der Waals surface area contributed by atoms with Crippen LogP contribution in [-0.4, -0.2) is 57.6 Å². The first-order valence-corrected chi connectivity index (χ1v) is 13.2. The van der Waals surface area contributed by atoms with E-state index in [2.05, 4.69) is 10.1 Å². The average molecular weight is 516 g/mol. The SMILES string of the molecule is COc1ccc(-c2c(C)nc3sc(C(C)(C)O)nn23)cc1S(=O)(=O)CC1(O)CCC(F)(F)CC1. The highest BCUT2D eigenvalue weighted by molar-refractivity contribution is 7.91. The molecular weight excluding hydrogens is 488 g/mol. The molecule has 1 aliphatic carbocycles. The van der Waals surface area contributed by atoms with Crippen LogP contribution in [0.2, 0.25) is 0 Å². The van der Waals surface area contributed by atoms with Gasteiger partial charge in [-0.15, -0.1) is 0 Å². The van der Waals surface area contributed by atoms with Gasteiger partial charge in [0, 0.05) is 18.4 Å². The molecule has 2 aromatic heterocycles. The molecule has 0 radical (unpaired) electrons. The van der Waals surface area contributed by atoms with Gasteiger partial charge in [-0.3, -0.25) is 0 Å². The van der Waals surface area contributed by atoms with Crippen LogP contribution in [-0.2, 0) is 15.4 Å². The Kier molecular flexibility index (Phi) is 6.03. The van der Waals surface area contributed by atoms with E-state index in [-0.39, 0.29) is 23.5 Å². The molecule has 0 spiro atoms. The van der Waals surface area contributed by atoms with Gasteiger partial charge in [0.05, 0.1) is 29.9 Å². The van der Waals surface area contributed by atoms with Crippen LogP contribution in [0, 0.1) is 6.92 Å². The number of aromatic nitrogens is 3. The quantitative estimate of drug-likeness (QED) is 0.514. The number of ether oxygens (including phenoxy) is 1. The standard InChI is InChI=1S/C22H27F2N3O5S2/c1-13-17(27-19(25-13)33-18(26-27)20(2,3)28)14-5-6-15(32-4)16(11-14)34(30,31)12-21(29)7-9-22(23,24)10-8-21/h5-6,11,28-29H,7-10,12H2,1-4H3. The first-order valence-electron chi connectivity index (χ1n) is 10.7. The van der Waals surface area contributed by atoms with E-state index >= 15 is 0 Å². The maximum atomic E-state index is 13.6. The van der Waals surface area contributed by atoms with Crippen molar-refractivity contribution in [2.45, 2.75) is 68.5 Å². The number of rotatable bonds is 6. The number of benzene rings is 1. The number of sulfone groups is 1. The molecular formula is C22H27F2N3O5S2. The lowest BCUT2D eigenvalue weighted by Crippen LogP contribution is -2.43. The van der Waals surface area contributed by atoms with E-state index < -0.39 is 45.6 Å². The predicted molar refractivity (Wildman–Crippen MR) is 123 cm³/mol. The largest absolute Gasteiger partial charge is 0.495 e. The zero-order chi connectivity index (χ0) is 25.1. The van der Waals surface area contributed by atoms with E-state index in [0.29, 0.717) is 26.9 Å². The number of imidazole rings is 1. The number of hydrogen-bond acceptors (Lipinski definition) is 8. The lowest BCUT2D eigenvalue weighted by atomic mass is 9.84. The molecule has 8 nitrogen and oxygen atoms in total. The lowest BCUT2D eigenvalue weighted by Gasteiger charge is -2.35. The lowest BCUT2D eigenvalue weighted by molar-refractivity contribution is -0.0945. The number of aliphatic hydroxyl groups is 2. The maximum absolute atomic E-state index is 13.6. The Hall–Kier alpha value is -2.15. The Bertz CT molecular complexity index is 1330. The average Bonchev–Trinajstić information content (AvgIpc) is 3.27. The Morgan fingerprint density at radius 3 is 2.47 bits per heavy atom. The van der Waals surface area contributed by atoms with Crippen molar-refractivity contribution in [3.05, 3.63) is 28.9 Å².